The summed E-state index contributed by atoms with van der Waals surface area (Å²) in [5.74, 6) is 2.57. The van der Waals surface area contributed by atoms with Gasteiger partial charge in [0.1, 0.15) is 0 Å². The summed E-state index contributed by atoms with van der Waals surface area (Å²) in [5.41, 5.74) is 0.798. The quantitative estimate of drug-likeness (QED) is 0.560. The van der Waals surface area contributed by atoms with E-state index in [2.05, 4.69) is 31.2 Å². The van der Waals surface area contributed by atoms with Gasteiger partial charge in [-0.1, -0.05) is 35.2 Å². The predicted molar refractivity (Wildman–Crippen MR) is 103 cm³/mol. The SMILES string of the molecule is COc1cc(Br)cc(/C=N\n2c(C3CCCCC3)n[nH]c2=S)c1OC. The number of aromatic amines is 1. The predicted octanol–water partition coefficient (Wildman–Crippen LogP) is 4.65. The molecule has 2 aromatic rings. The van der Waals surface area contributed by atoms with E-state index >= 15 is 0 Å². The molecule has 1 aromatic heterocycles. The minimum Gasteiger partial charge on any atom is -0.493 e. The molecule has 0 unspecified atom stereocenters. The van der Waals surface area contributed by atoms with Crippen LogP contribution in [-0.2, 0) is 0 Å². The van der Waals surface area contributed by atoms with Crippen molar-refractivity contribution in [2.45, 2.75) is 38.0 Å². The lowest BCUT2D eigenvalue weighted by Crippen LogP contribution is -2.10. The lowest BCUT2D eigenvalue weighted by Gasteiger charge is -2.20. The van der Waals surface area contributed by atoms with Crippen molar-refractivity contribution in [3.05, 3.63) is 32.8 Å². The zero-order valence-corrected chi connectivity index (χ0v) is 16.7. The van der Waals surface area contributed by atoms with Crippen molar-refractivity contribution in [1.29, 1.82) is 0 Å². The van der Waals surface area contributed by atoms with Gasteiger partial charge in [-0.15, -0.1) is 0 Å². The second-order valence-electron chi connectivity index (χ2n) is 6.01. The summed E-state index contributed by atoms with van der Waals surface area (Å²) in [5, 5.41) is 11.9. The van der Waals surface area contributed by atoms with Crippen LogP contribution < -0.4 is 9.47 Å². The highest BCUT2D eigenvalue weighted by Gasteiger charge is 2.21. The zero-order valence-electron chi connectivity index (χ0n) is 14.3. The number of rotatable bonds is 5. The topological polar surface area (TPSA) is 64.4 Å². The first-order valence-electron chi connectivity index (χ1n) is 8.27. The molecule has 8 heteroatoms. The Morgan fingerprint density at radius 1 is 1.28 bits per heavy atom. The minimum atomic E-state index is 0.401. The van der Waals surface area contributed by atoms with E-state index in [-0.39, 0.29) is 0 Å². The molecule has 134 valence electrons. The number of nitrogens with zero attached hydrogens (tertiary/aromatic N) is 3. The van der Waals surface area contributed by atoms with Gasteiger partial charge in [0, 0.05) is 16.0 Å². The molecular weight excluding hydrogens is 404 g/mol. The molecule has 1 aliphatic carbocycles. The molecule has 0 aliphatic heterocycles. The van der Waals surface area contributed by atoms with Crippen LogP contribution in [0.5, 0.6) is 11.5 Å². The number of benzene rings is 1. The maximum Gasteiger partial charge on any atom is 0.216 e. The van der Waals surface area contributed by atoms with Crippen LogP contribution in [0.2, 0.25) is 0 Å². The first-order chi connectivity index (χ1) is 12.1. The molecule has 0 bridgehead atoms. The average Bonchev–Trinajstić information content (AvgIpc) is 3.00. The van der Waals surface area contributed by atoms with E-state index in [0.29, 0.717) is 22.2 Å². The Balaban J connectivity index is 1.97. The van der Waals surface area contributed by atoms with E-state index in [1.54, 1.807) is 25.1 Å². The van der Waals surface area contributed by atoms with Crippen LogP contribution in [0.4, 0.5) is 0 Å². The van der Waals surface area contributed by atoms with Crippen LogP contribution in [0.15, 0.2) is 21.7 Å². The van der Waals surface area contributed by atoms with E-state index < -0.39 is 0 Å². The smallest absolute Gasteiger partial charge is 0.216 e. The molecule has 0 radical (unpaired) electrons. The standard InChI is InChI=1S/C17H21BrN4O2S/c1-23-14-9-13(18)8-12(15(14)24-2)10-19-22-16(20-21-17(22)25)11-6-4-3-5-7-11/h8-11H,3-7H2,1-2H3,(H,21,25)/b19-10-. The van der Waals surface area contributed by atoms with Gasteiger partial charge in [0.25, 0.3) is 0 Å². The van der Waals surface area contributed by atoms with Gasteiger partial charge in [-0.2, -0.15) is 14.9 Å². The summed E-state index contributed by atoms with van der Waals surface area (Å²) in [4.78, 5) is 0. The number of ether oxygens (including phenoxy) is 2. The van der Waals surface area contributed by atoms with E-state index in [9.17, 15) is 0 Å². The summed E-state index contributed by atoms with van der Waals surface area (Å²) in [6.07, 6.45) is 7.73. The van der Waals surface area contributed by atoms with Gasteiger partial charge in [0.05, 0.1) is 20.4 Å². The van der Waals surface area contributed by atoms with Crippen molar-refractivity contribution < 1.29 is 9.47 Å². The van der Waals surface area contributed by atoms with Gasteiger partial charge in [0.15, 0.2) is 17.3 Å². The Kier molecular flexibility index (Phi) is 5.90. The molecule has 1 aliphatic rings. The Labute approximate surface area is 160 Å². The van der Waals surface area contributed by atoms with Gasteiger partial charge in [-0.05, 0) is 37.2 Å². The van der Waals surface area contributed by atoms with Crippen LogP contribution in [0.1, 0.15) is 49.4 Å². The van der Waals surface area contributed by atoms with Crippen molar-refractivity contribution >= 4 is 34.4 Å². The molecule has 0 amide bonds. The van der Waals surface area contributed by atoms with E-state index in [1.165, 1.54) is 19.3 Å². The number of halogens is 1. The third-order valence-corrected chi connectivity index (χ3v) is 5.15. The van der Waals surface area contributed by atoms with Crippen LogP contribution in [0.25, 0.3) is 0 Å². The number of H-pyrrole nitrogens is 1. The molecule has 0 saturated heterocycles. The number of methoxy groups -OCH3 is 2. The molecule has 1 fully saturated rings. The summed E-state index contributed by atoms with van der Waals surface area (Å²) in [6.45, 7) is 0. The van der Waals surface area contributed by atoms with Crippen LogP contribution in [-0.4, -0.2) is 35.3 Å². The van der Waals surface area contributed by atoms with Crippen molar-refractivity contribution in [3.8, 4) is 11.5 Å². The Morgan fingerprint density at radius 2 is 2.04 bits per heavy atom. The first-order valence-corrected chi connectivity index (χ1v) is 9.47. The third-order valence-electron chi connectivity index (χ3n) is 4.43. The van der Waals surface area contributed by atoms with Crippen molar-refractivity contribution in [1.82, 2.24) is 14.9 Å². The highest BCUT2D eigenvalue weighted by Crippen LogP contribution is 2.34. The third kappa shape index (κ3) is 3.95. The summed E-state index contributed by atoms with van der Waals surface area (Å²) in [6, 6.07) is 3.78. The molecule has 1 aromatic carbocycles. The van der Waals surface area contributed by atoms with Crippen molar-refractivity contribution in [2.75, 3.05) is 14.2 Å². The molecule has 0 atom stereocenters. The first kappa shape index (κ1) is 18.1. The molecule has 1 saturated carbocycles. The monoisotopic (exact) mass is 424 g/mol. The fourth-order valence-electron chi connectivity index (χ4n) is 3.22. The summed E-state index contributed by atoms with van der Waals surface area (Å²) < 4.78 is 14.0. The fourth-order valence-corrected chi connectivity index (χ4v) is 3.86. The highest BCUT2D eigenvalue weighted by molar-refractivity contribution is 9.10. The lowest BCUT2D eigenvalue weighted by atomic mass is 9.89. The van der Waals surface area contributed by atoms with E-state index in [4.69, 9.17) is 21.7 Å². The second kappa shape index (κ2) is 8.14. The summed E-state index contributed by atoms with van der Waals surface area (Å²) >= 11 is 8.84. The molecule has 0 spiro atoms. The Morgan fingerprint density at radius 3 is 2.72 bits per heavy atom. The molecule has 1 N–H and O–H groups in total. The fraction of sp³-hybridized carbons (Fsp3) is 0.471. The molecule has 1 heterocycles. The van der Waals surface area contributed by atoms with Crippen LogP contribution in [0, 0.1) is 4.77 Å². The van der Waals surface area contributed by atoms with Gasteiger partial charge in [-0.25, -0.2) is 0 Å². The normalized spacial score (nSPS) is 15.6. The number of hydrogen-bond donors (Lipinski definition) is 1. The Bertz CT molecular complexity index is 825. The van der Waals surface area contributed by atoms with E-state index in [1.807, 2.05) is 12.1 Å². The van der Waals surface area contributed by atoms with E-state index in [0.717, 1.165) is 28.7 Å². The van der Waals surface area contributed by atoms with Gasteiger partial charge in [-0.3, -0.25) is 5.10 Å². The number of nitrogens with one attached hydrogen (secondary N) is 1. The average molecular weight is 425 g/mol. The minimum absolute atomic E-state index is 0.401. The van der Waals surface area contributed by atoms with Crippen LogP contribution >= 0.6 is 28.1 Å². The zero-order chi connectivity index (χ0) is 17.8. The van der Waals surface area contributed by atoms with Gasteiger partial charge < -0.3 is 9.47 Å². The maximum absolute atomic E-state index is 5.47. The molecular formula is C17H21BrN4O2S. The van der Waals surface area contributed by atoms with Crippen LogP contribution in [0.3, 0.4) is 0 Å². The highest BCUT2D eigenvalue weighted by atomic mass is 79.9. The second-order valence-corrected chi connectivity index (χ2v) is 7.31. The van der Waals surface area contributed by atoms with Crippen molar-refractivity contribution in [3.63, 3.8) is 0 Å². The van der Waals surface area contributed by atoms with Gasteiger partial charge in [0.2, 0.25) is 4.77 Å². The largest absolute Gasteiger partial charge is 0.493 e. The van der Waals surface area contributed by atoms with Crippen molar-refractivity contribution in [2.24, 2.45) is 5.10 Å². The van der Waals surface area contributed by atoms with Gasteiger partial charge >= 0.3 is 0 Å². The Hall–Kier alpha value is -1.67. The maximum atomic E-state index is 5.47. The molecule has 3 rings (SSSR count). The lowest BCUT2D eigenvalue weighted by molar-refractivity contribution is 0.354. The molecule has 25 heavy (non-hydrogen) atoms. The number of hydrogen-bond acceptors (Lipinski definition) is 5. The summed E-state index contributed by atoms with van der Waals surface area (Å²) in [7, 11) is 3.22. The number of aromatic nitrogens is 3. The molecule has 6 nitrogen and oxygen atoms in total.